The molecule has 5 rings (SSSR count). The zero-order valence-electron chi connectivity index (χ0n) is 20.8. The normalized spacial score (nSPS) is 21.3. The number of halogens is 3. The minimum absolute atomic E-state index is 0.131. The number of ether oxygens (including phenoxy) is 2. The van der Waals surface area contributed by atoms with Gasteiger partial charge in [-0.25, -0.2) is 0 Å². The third-order valence-corrected chi connectivity index (χ3v) is 6.56. The predicted molar refractivity (Wildman–Crippen MR) is 135 cm³/mol. The molecular weight excluding hydrogens is 517 g/mol. The highest BCUT2D eigenvalue weighted by molar-refractivity contribution is 6.10. The fraction of sp³-hybridized carbons (Fsp3) is 0.296. The number of Topliss-reactive ketones (excluding diaryl/α,β-unsaturated/α-hetero) is 1. The number of hydrogen-bond acceptors (Lipinski definition) is 9. The molecule has 2 aromatic carbocycles. The number of aliphatic hydroxyl groups is 2. The molecule has 0 radical (unpaired) electrons. The van der Waals surface area contributed by atoms with E-state index in [0.29, 0.717) is 30.0 Å². The number of hydrogen-bond donors (Lipinski definition) is 2. The van der Waals surface area contributed by atoms with Gasteiger partial charge in [0.1, 0.15) is 11.5 Å². The van der Waals surface area contributed by atoms with Crippen molar-refractivity contribution >= 4 is 23.0 Å². The number of aliphatic hydroxyl groups excluding tert-OH is 2. The lowest BCUT2D eigenvalue weighted by Gasteiger charge is -2.29. The van der Waals surface area contributed by atoms with Crippen LogP contribution in [0.15, 0.2) is 66.2 Å². The average molecular weight is 543 g/mol. The van der Waals surface area contributed by atoms with Crippen LogP contribution < -0.4 is 14.5 Å². The van der Waals surface area contributed by atoms with Gasteiger partial charge in [0.15, 0.2) is 12.0 Å². The fourth-order valence-electron chi connectivity index (χ4n) is 4.70. The molecule has 1 aromatic heterocycles. The second kappa shape index (κ2) is 10.5. The molecule has 0 aliphatic carbocycles. The van der Waals surface area contributed by atoms with Crippen molar-refractivity contribution in [3.8, 4) is 5.75 Å². The molecule has 0 amide bonds. The van der Waals surface area contributed by atoms with Gasteiger partial charge in [0.25, 0.3) is 0 Å². The van der Waals surface area contributed by atoms with E-state index in [9.17, 15) is 28.2 Å². The monoisotopic (exact) mass is 542 g/mol. The Kier molecular flexibility index (Phi) is 7.15. The molecule has 0 bridgehead atoms. The Balaban J connectivity index is 1.57. The second-order valence-electron chi connectivity index (χ2n) is 9.11. The summed E-state index contributed by atoms with van der Waals surface area (Å²) in [6.07, 6.45) is -6.59. The number of carbonyl (C=O) groups is 1. The summed E-state index contributed by atoms with van der Waals surface area (Å²) in [5.41, 5.74) is 2.05. The van der Waals surface area contributed by atoms with Gasteiger partial charge in [0.05, 0.1) is 30.5 Å². The lowest BCUT2D eigenvalue weighted by atomic mass is 9.95. The number of anilines is 2. The van der Waals surface area contributed by atoms with Crippen molar-refractivity contribution in [3.05, 3.63) is 83.1 Å². The van der Waals surface area contributed by atoms with Gasteiger partial charge in [-0.3, -0.25) is 4.79 Å². The smallest absolute Gasteiger partial charge is 0.507 e. The quantitative estimate of drug-likeness (QED) is 0.366. The first-order valence-corrected chi connectivity index (χ1v) is 12.2. The number of alkyl halides is 3. The molecule has 2 fully saturated rings. The Bertz CT molecular complexity index is 1360. The highest BCUT2D eigenvalue weighted by atomic mass is 19.4. The third kappa shape index (κ3) is 5.52. The molecule has 0 spiro atoms. The number of aromatic nitrogens is 2. The van der Waals surface area contributed by atoms with Crippen molar-refractivity contribution < 1.29 is 37.7 Å². The van der Waals surface area contributed by atoms with Crippen molar-refractivity contribution in [1.29, 1.82) is 0 Å². The van der Waals surface area contributed by atoms with Crippen molar-refractivity contribution in [3.63, 3.8) is 0 Å². The number of nitrogens with zero attached hydrogens (tertiary/aromatic N) is 4. The van der Waals surface area contributed by atoms with Crippen LogP contribution in [-0.4, -0.2) is 65.1 Å². The van der Waals surface area contributed by atoms with Crippen LogP contribution in [0, 0.1) is 6.92 Å². The molecule has 2 atom stereocenters. The molecule has 0 saturated carbocycles. The molecule has 39 heavy (non-hydrogen) atoms. The lowest BCUT2D eigenvalue weighted by Crippen LogP contribution is -2.36. The van der Waals surface area contributed by atoms with Gasteiger partial charge >= 0.3 is 6.36 Å². The summed E-state index contributed by atoms with van der Waals surface area (Å²) >= 11 is 0. The van der Waals surface area contributed by atoms with Crippen LogP contribution in [0.25, 0.3) is 5.76 Å². The van der Waals surface area contributed by atoms with Gasteiger partial charge < -0.3 is 29.5 Å². The Labute approximate surface area is 221 Å². The van der Waals surface area contributed by atoms with E-state index in [1.54, 1.807) is 31.2 Å². The van der Waals surface area contributed by atoms with Crippen molar-refractivity contribution in [2.24, 2.45) is 0 Å². The topological polar surface area (TPSA) is 108 Å². The van der Waals surface area contributed by atoms with Gasteiger partial charge in [-0.2, -0.15) is 5.10 Å². The summed E-state index contributed by atoms with van der Waals surface area (Å²) in [6, 6.07) is 13.9. The molecule has 2 aliphatic rings. The molecule has 12 heteroatoms. The highest BCUT2D eigenvalue weighted by Gasteiger charge is 2.47. The molecule has 3 aromatic rings. The van der Waals surface area contributed by atoms with E-state index in [4.69, 9.17) is 4.74 Å². The van der Waals surface area contributed by atoms with E-state index < -0.39 is 30.2 Å². The fourth-order valence-corrected chi connectivity index (χ4v) is 4.70. The first-order valence-electron chi connectivity index (χ1n) is 12.2. The van der Waals surface area contributed by atoms with Gasteiger partial charge in [-0.15, -0.1) is 18.3 Å². The van der Waals surface area contributed by atoms with Crippen LogP contribution in [0.3, 0.4) is 0 Å². The van der Waals surface area contributed by atoms with Crippen LogP contribution in [-0.2, 0) is 9.53 Å². The van der Waals surface area contributed by atoms with Crippen molar-refractivity contribution in [2.45, 2.75) is 25.6 Å². The van der Waals surface area contributed by atoms with E-state index >= 15 is 0 Å². The maximum absolute atomic E-state index is 13.4. The average Bonchev–Trinajstić information content (AvgIpc) is 3.19. The van der Waals surface area contributed by atoms with E-state index in [2.05, 4.69) is 19.8 Å². The van der Waals surface area contributed by atoms with Gasteiger partial charge in [-0.1, -0.05) is 12.1 Å². The van der Waals surface area contributed by atoms with E-state index in [0.717, 1.165) is 30.9 Å². The van der Waals surface area contributed by atoms with Crippen LogP contribution >= 0.6 is 0 Å². The molecule has 9 nitrogen and oxygen atoms in total. The first-order chi connectivity index (χ1) is 18.6. The first kappa shape index (κ1) is 26.4. The van der Waals surface area contributed by atoms with E-state index in [-0.39, 0.29) is 17.2 Å². The Morgan fingerprint density at radius 3 is 2.26 bits per heavy atom. The summed E-state index contributed by atoms with van der Waals surface area (Å²) in [5, 5.41) is 30.4. The minimum atomic E-state index is -4.87. The number of aryl methyl sites for hydroxylation is 1. The molecule has 3 heterocycles. The van der Waals surface area contributed by atoms with E-state index in [1.165, 1.54) is 17.0 Å². The summed E-state index contributed by atoms with van der Waals surface area (Å²) < 4.78 is 47.4. The van der Waals surface area contributed by atoms with Gasteiger partial charge in [0, 0.05) is 24.3 Å². The Morgan fingerprint density at radius 1 is 1.00 bits per heavy atom. The van der Waals surface area contributed by atoms with Crippen LogP contribution in [0.5, 0.6) is 5.75 Å². The highest BCUT2D eigenvalue weighted by Crippen LogP contribution is 2.43. The van der Waals surface area contributed by atoms with Gasteiger partial charge in [-0.05, 0) is 61.0 Å². The molecule has 2 saturated heterocycles. The van der Waals surface area contributed by atoms with Crippen molar-refractivity contribution in [1.82, 2.24) is 10.2 Å². The maximum Gasteiger partial charge on any atom is 0.573 e. The number of rotatable bonds is 5. The predicted octanol–water partition coefficient (Wildman–Crippen LogP) is 3.94. The van der Waals surface area contributed by atoms with Crippen LogP contribution in [0.2, 0.25) is 0 Å². The van der Waals surface area contributed by atoms with Crippen molar-refractivity contribution in [2.75, 3.05) is 36.1 Å². The lowest BCUT2D eigenvalue weighted by molar-refractivity contribution is -0.274. The summed E-state index contributed by atoms with van der Waals surface area (Å²) in [4.78, 5) is 16.8. The Morgan fingerprint density at radius 2 is 1.67 bits per heavy atom. The van der Waals surface area contributed by atoms with E-state index in [1.807, 2.05) is 12.1 Å². The largest absolute Gasteiger partial charge is 0.573 e. The van der Waals surface area contributed by atoms with Crippen LogP contribution in [0.4, 0.5) is 24.7 Å². The number of carbonyl (C=O) groups excluding carboxylic acids is 1. The summed E-state index contributed by atoms with van der Waals surface area (Å²) in [7, 11) is 0. The number of benzene rings is 2. The SMILES string of the molecule is Cc1ccc(N2C(O)C(=O)C(=C(O)c3ccc(N4CCOCC4)cc3)C2c2ccc(OC(F)(F)F)cc2)nn1. The third-order valence-electron chi connectivity index (χ3n) is 6.56. The molecule has 204 valence electrons. The standard InChI is InChI=1S/C27H25F3N4O5/c1-16-2-11-21(32-31-16)34-23(17-5-9-20(10-6-17)39-27(28,29)30)22(25(36)26(34)37)24(35)18-3-7-19(8-4-18)33-12-14-38-15-13-33/h2-11,23,26,35,37H,12-15H2,1H3. The molecule has 2 N–H and O–H groups in total. The maximum atomic E-state index is 13.4. The minimum Gasteiger partial charge on any atom is -0.507 e. The summed E-state index contributed by atoms with van der Waals surface area (Å²) in [6.45, 7) is 4.38. The zero-order chi connectivity index (χ0) is 27.7. The van der Waals surface area contributed by atoms with Gasteiger partial charge in [0.2, 0.25) is 5.78 Å². The molecular formula is C27H25F3N4O5. The number of ketones is 1. The Hall–Kier alpha value is -4.16. The molecule has 2 aliphatic heterocycles. The zero-order valence-corrected chi connectivity index (χ0v) is 20.8. The number of morpholine rings is 1. The molecule has 2 unspecified atom stereocenters. The van der Waals surface area contributed by atoms with Crippen LogP contribution in [0.1, 0.15) is 22.9 Å². The summed E-state index contributed by atoms with van der Waals surface area (Å²) in [5.74, 6) is -1.44. The second-order valence-corrected chi connectivity index (χ2v) is 9.11.